The van der Waals surface area contributed by atoms with Gasteiger partial charge in [0.2, 0.25) is 5.13 Å². The van der Waals surface area contributed by atoms with Crippen LogP contribution in [0.4, 0.5) is 5.13 Å². The van der Waals surface area contributed by atoms with Crippen molar-refractivity contribution in [2.45, 2.75) is 25.5 Å². The average molecular weight is 228 g/mol. The molecule has 0 radical (unpaired) electrons. The average Bonchev–Trinajstić information content (AvgIpc) is 2.73. The molecule has 2 N–H and O–H groups in total. The minimum absolute atomic E-state index is 0.531. The predicted octanol–water partition coefficient (Wildman–Crippen LogP) is 0.536. The Morgan fingerprint density at radius 3 is 2.93 bits per heavy atom. The van der Waals surface area contributed by atoms with E-state index in [9.17, 15) is 5.11 Å². The van der Waals surface area contributed by atoms with Crippen LogP contribution in [0.15, 0.2) is 0 Å². The minimum atomic E-state index is -0.531. The smallest absolute Gasteiger partial charge is 0.205 e. The summed E-state index contributed by atoms with van der Waals surface area (Å²) in [5.41, 5.74) is -0.531. The van der Waals surface area contributed by atoms with Gasteiger partial charge in [0.25, 0.3) is 0 Å². The third-order valence-electron chi connectivity index (χ3n) is 2.57. The second-order valence-electron chi connectivity index (χ2n) is 4.21. The second kappa shape index (κ2) is 4.03. The standard InChI is InChI=1S/C9H16N4OS/c1-9(14)3-4-13(6-9)5-7-11-12-8(10-2)15-7/h14H,3-6H2,1-2H3,(H,10,12). The maximum absolute atomic E-state index is 9.81. The molecule has 0 aliphatic carbocycles. The van der Waals surface area contributed by atoms with E-state index in [1.165, 1.54) is 0 Å². The van der Waals surface area contributed by atoms with Gasteiger partial charge in [-0.1, -0.05) is 11.3 Å². The van der Waals surface area contributed by atoms with Crippen LogP contribution in [0, 0.1) is 0 Å². The number of likely N-dealkylation sites (tertiary alicyclic amines) is 1. The van der Waals surface area contributed by atoms with Gasteiger partial charge >= 0.3 is 0 Å². The number of nitrogens with zero attached hydrogens (tertiary/aromatic N) is 3. The first kappa shape index (κ1) is 10.8. The molecule has 1 aromatic rings. The number of β-amino-alcohol motifs (C(OH)–C–C–N with tert-alkyl or cyclic N) is 1. The fourth-order valence-corrected chi connectivity index (χ4v) is 2.52. The first-order chi connectivity index (χ1) is 7.09. The lowest BCUT2D eigenvalue weighted by atomic mass is 10.1. The van der Waals surface area contributed by atoms with Crippen LogP contribution in [-0.2, 0) is 6.54 Å². The molecule has 5 nitrogen and oxygen atoms in total. The van der Waals surface area contributed by atoms with Gasteiger partial charge in [0.05, 0.1) is 12.1 Å². The van der Waals surface area contributed by atoms with Crippen molar-refractivity contribution in [2.24, 2.45) is 0 Å². The summed E-state index contributed by atoms with van der Waals surface area (Å²) in [6, 6.07) is 0. The Bertz CT molecular complexity index is 339. The summed E-state index contributed by atoms with van der Waals surface area (Å²) in [6.07, 6.45) is 0.838. The van der Waals surface area contributed by atoms with Crippen molar-refractivity contribution in [3.05, 3.63) is 5.01 Å². The number of aromatic nitrogens is 2. The van der Waals surface area contributed by atoms with Gasteiger partial charge in [0.1, 0.15) is 5.01 Å². The molecule has 0 spiro atoms. The van der Waals surface area contributed by atoms with Gasteiger partial charge in [-0.2, -0.15) is 0 Å². The van der Waals surface area contributed by atoms with E-state index in [0.717, 1.165) is 36.2 Å². The summed E-state index contributed by atoms with van der Waals surface area (Å²) in [7, 11) is 1.84. The molecule has 0 aromatic carbocycles. The van der Waals surface area contributed by atoms with Crippen LogP contribution in [0.5, 0.6) is 0 Å². The second-order valence-corrected chi connectivity index (χ2v) is 5.27. The normalized spacial score (nSPS) is 27.1. The molecular formula is C9H16N4OS. The highest BCUT2D eigenvalue weighted by molar-refractivity contribution is 7.15. The van der Waals surface area contributed by atoms with Crippen molar-refractivity contribution < 1.29 is 5.11 Å². The lowest BCUT2D eigenvalue weighted by Crippen LogP contribution is -2.29. The summed E-state index contributed by atoms with van der Waals surface area (Å²) in [4.78, 5) is 2.21. The van der Waals surface area contributed by atoms with Crippen LogP contribution in [0.2, 0.25) is 0 Å². The third kappa shape index (κ3) is 2.64. The molecular weight excluding hydrogens is 212 g/mol. The summed E-state index contributed by atoms with van der Waals surface area (Å²) in [5.74, 6) is 0. The van der Waals surface area contributed by atoms with Crippen LogP contribution in [0.1, 0.15) is 18.4 Å². The van der Waals surface area contributed by atoms with Gasteiger partial charge in [0.15, 0.2) is 0 Å². The Kier molecular flexibility index (Phi) is 2.90. The molecule has 1 aliphatic rings. The zero-order chi connectivity index (χ0) is 10.9. The van der Waals surface area contributed by atoms with E-state index in [2.05, 4.69) is 20.4 Å². The van der Waals surface area contributed by atoms with Gasteiger partial charge in [-0.3, -0.25) is 4.90 Å². The Hall–Kier alpha value is -0.720. The molecule has 1 saturated heterocycles. The zero-order valence-electron chi connectivity index (χ0n) is 9.03. The maximum Gasteiger partial charge on any atom is 0.205 e. The molecule has 84 valence electrons. The Morgan fingerprint density at radius 2 is 2.40 bits per heavy atom. The van der Waals surface area contributed by atoms with Gasteiger partial charge in [-0.25, -0.2) is 0 Å². The summed E-state index contributed by atoms with van der Waals surface area (Å²) < 4.78 is 0. The van der Waals surface area contributed by atoms with Crippen LogP contribution >= 0.6 is 11.3 Å². The van der Waals surface area contributed by atoms with Crippen molar-refractivity contribution >= 4 is 16.5 Å². The largest absolute Gasteiger partial charge is 0.389 e. The molecule has 2 heterocycles. The Balaban J connectivity index is 1.92. The third-order valence-corrected chi connectivity index (χ3v) is 3.50. The number of nitrogens with one attached hydrogen (secondary N) is 1. The van der Waals surface area contributed by atoms with E-state index >= 15 is 0 Å². The van der Waals surface area contributed by atoms with Gasteiger partial charge in [-0.15, -0.1) is 10.2 Å². The van der Waals surface area contributed by atoms with Crippen molar-refractivity contribution in [3.63, 3.8) is 0 Å². The fourth-order valence-electron chi connectivity index (χ4n) is 1.78. The van der Waals surface area contributed by atoms with Crippen molar-refractivity contribution in [1.29, 1.82) is 0 Å². The van der Waals surface area contributed by atoms with Crippen LogP contribution < -0.4 is 5.32 Å². The molecule has 0 bridgehead atoms. The topological polar surface area (TPSA) is 61.3 Å². The van der Waals surface area contributed by atoms with E-state index in [4.69, 9.17) is 0 Å². The quantitative estimate of drug-likeness (QED) is 0.790. The Morgan fingerprint density at radius 1 is 1.60 bits per heavy atom. The monoisotopic (exact) mass is 228 g/mol. The number of aliphatic hydroxyl groups is 1. The SMILES string of the molecule is CNc1nnc(CN2CCC(C)(O)C2)s1. The van der Waals surface area contributed by atoms with Gasteiger partial charge in [0, 0.05) is 20.1 Å². The Labute approximate surface area is 93.1 Å². The fraction of sp³-hybridized carbons (Fsp3) is 0.778. The molecule has 6 heteroatoms. The molecule has 1 aromatic heterocycles. The van der Waals surface area contributed by atoms with E-state index in [0.29, 0.717) is 0 Å². The van der Waals surface area contributed by atoms with E-state index in [1.807, 2.05) is 14.0 Å². The summed E-state index contributed by atoms with van der Waals surface area (Å²) in [6.45, 7) is 4.32. The number of hydrogen-bond acceptors (Lipinski definition) is 6. The first-order valence-corrected chi connectivity index (χ1v) is 5.85. The van der Waals surface area contributed by atoms with E-state index < -0.39 is 5.60 Å². The molecule has 1 unspecified atom stereocenters. The number of rotatable bonds is 3. The van der Waals surface area contributed by atoms with Crippen LogP contribution in [-0.4, -0.2) is 45.9 Å². The number of anilines is 1. The van der Waals surface area contributed by atoms with Crippen LogP contribution in [0.3, 0.4) is 0 Å². The number of hydrogen-bond donors (Lipinski definition) is 2. The molecule has 1 aliphatic heterocycles. The lowest BCUT2D eigenvalue weighted by Gasteiger charge is -2.17. The molecule has 2 rings (SSSR count). The molecule has 0 saturated carbocycles. The first-order valence-electron chi connectivity index (χ1n) is 5.04. The van der Waals surface area contributed by atoms with E-state index in [1.54, 1.807) is 11.3 Å². The summed E-state index contributed by atoms with van der Waals surface area (Å²) in [5, 5.41) is 22.7. The molecule has 1 atom stereocenters. The maximum atomic E-state index is 9.81. The predicted molar refractivity (Wildman–Crippen MR) is 60.0 cm³/mol. The molecule has 15 heavy (non-hydrogen) atoms. The molecule has 0 amide bonds. The zero-order valence-corrected chi connectivity index (χ0v) is 9.84. The minimum Gasteiger partial charge on any atom is -0.389 e. The van der Waals surface area contributed by atoms with Crippen molar-refractivity contribution in [2.75, 3.05) is 25.5 Å². The van der Waals surface area contributed by atoms with Gasteiger partial charge < -0.3 is 10.4 Å². The van der Waals surface area contributed by atoms with Crippen molar-refractivity contribution in [1.82, 2.24) is 15.1 Å². The van der Waals surface area contributed by atoms with Crippen molar-refractivity contribution in [3.8, 4) is 0 Å². The summed E-state index contributed by atoms with van der Waals surface area (Å²) >= 11 is 1.56. The highest BCUT2D eigenvalue weighted by Crippen LogP contribution is 2.23. The highest BCUT2D eigenvalue weighted by Gasteiger charge is 2.31. The van der Waals surface area contributed by atoms with Gasteiger partial charge in [-0.05, 0) is 13.3 Å². The van der Waals surface area contributed by atoms with E-state index in [-0.39, 0.29) is 0 Å². The van der Waals surface area contributed by atoms with Crippen LogP contribution in [0.25, 0.3) is 0 Å². The molecule has 1 fully saturated rings. The highest BCUT2D eigenvalue weighted by atomic mass is 32.1. The lowest BCUT2D eigenvalue weighted by molar-refractivity contribution is 0.0678.